The lowest BCUT2D eigenvalue weighted by Crippen LogP contribution is -1.76. The third-order valence-corrected chi connectivity index (χ3v) is 8.68. The van der Waals surface area contributed by atoms with E-state index in [4.69, 9.17) is 8.83 Å². The molecule has 6 heteroatoms. The molecule has 0 aliphatic heterocycles. The first kappa shape index (κ1) is 28.9. The molecule has 0 bridgehead atoms. The quantitative estimate of drug-likeness (QED) is 0.165. The van der Waals surface area contributed by atoms with Crippen LogP contribution in [-0.4, -0.2) is 0 Å². The van der Waals surface area contributed by atoms with Gasteiger partial charge in [-0.25, -0.2) is 0 Å². The van der Waals surface area contributed by atoms with Crippen LogP contribution in [0.5, 0.6) is 0 Å². The van der Waals surface area contributed by atoms with Crippen LogP contribution in [-0.2, 0) is 0 Å². The molecule has 0 fully saturated rings. The molecule has 0 spiro atoms. The number of halogens is 4. The van der Waals surface area contributed by atoms with Crippen LogP contribution in [0.25, 0.3) is 55.0 Å². The second-order valence-electron chi connectivity index (χ2n) is 9.50. The van der Waals surface area contributed by atoms with Gasteiger partial charge in [0.05, 0.1) is 0 Å². The predicted molar refractivity (Wildman–Crippen MR) is 190 cm³/mol. The predicted octanol–water partition coefficient (Wildman–Crippen LogP) is 13.6. The summed E-state index contributed by atoms with van der Waals surface area (Å²) >= 11 is 13.7. The van der Waals surface area contributed by atoms with Crippen LogP contribution in [0.2, 0.25) is 0 Å². The van der Waals surface area contributed by atoms with Crippen molar-refractivity contribution in [2.45, 2.75) is 0 Å². The Kier molecular flexibility index (Phi) is 8.96. The smallest absolute Gasteiger partial charge is 0.136 e. The Morgan fingerprint density at radius 1 is 0.310 bits per heavy atom. The van der Waals surface area contributed by atoms with E-state index in [1.807, 2.05) is 72.8 Å². The van der Waals surface area contributed by atoms with Crippen molar-refractivity contribution in [2.24, 2.45) is 0 Å². The van der Waals surface area contributed by atoms with Gasteiger partial charge in [0.25, 0.3) is 0 Å². The molecule has 0 unspecified atom stereocenters. The van der Waals surface area contributed by atoms with Gasteiger partial charge in [-0.15, -0.1) is 0 Å². The van der Waals surface area contributed by atoms with Crippen molar-refractivity contribution >= 4 is 108 Å². The lowest BCUT2D eigenvalue weighted by atomic mass is 10.0. The van der Waals surface area contributed by atoms with Gasteiger partial charge in [-0.1, -0.05) is 118 Å². The van der Waals surface area contributed by atoms with E-state index in [2.05, 4.69) is 124 Å². The maximum Gasteiger partial charge on any atom is 0.136 e. The van der Waals surface area contributed by atoms with Crippen molar-refractivity contribution in [2.75, 3.05) is 0 Å². The van der Waals surface area contributed by atoms with Crippen LogP contribution in [0, 0.1) is 0 Å². The summed E-state index contributed by atoms with van der Waals surface area (Å²) in [5.41, 5.74) is 6.06. The van der Waals surface area contributed by atoms with E-state index in [0.717, 1.165) is 61.8 Å². The number of hydrogen-bond acceptors (Lipinski definition) is 2. The molecular weight excluding hydrogens is 784 g/mol. The van der Waals surface area contributed by atoms with Crippen molar-refractivity contribution in [3.63, 3.8) is 0 Å². The van der Waals surface area contributed by atoms with Crippen LogP contribution in [0.3, 0.4) is 0 Å². The molecule has 0 saturated carbocycles. The first-order valence-corrected chi connectivity index (χ1v) is 16.3. The summed E-state index contributed by atoms with van der Waals surface area (Å²) in [4.78, 5) is 0. The first-order valence-electron chi connectivity index (χ1n) is 13.1. The SMILES string of the molecule is Brc1ccc2c(c1)oc1cc(-c3ccccc3)ccc12.Brc1ccc2c(c1)oc1cc(Br)ccc12.Brc1ccccc1. The van der Waals surface area contributed by atoms with Crippen LogP contribution in [0.15, 0.2) is 160 Å². The first-order chi connectivity index (χ1) is 20.4. The lowest BCUT2D eigenvalue weighted by molar-refractivity contribution is 0.668. The molecule has 6 aromatic carbocycles. The van der Waals surface area contributed by atoms with Crippen molar-refractivity contribution < 1.29 is 8.83 Å². The lowest BCUT2D eigenvalue weighted by Gasteiger charge is -2.00. The molecule has 0 N–H and O–H groups in total. The molecule has 206 valence electrons. The maximum atomic E-state index is 5.97. The van der Waals surface area contributed by atoms with Gasteiger partial charge in [-0.2, -0.15) is 0 Å². The Hall–Kier alpha value is -3.16. The molecule has 2 heterocycles. The van der Waals surface area contributed by atoms with Gasteiger partial charge < -0.3 is 8.83 Å². The molecule has 0 saturated heterocycles. The molecule has 42 heavy (non-hydrogen) atoms. The molecule has 2 aromatic heterocycles. The highest BCUT2D eigenvalue weighted by molar-refractivity contribution is 9.11. The third kappa shape index (κ3) is 6.57. The molecule has 0 atom stereocenters. The summed E-state index contributed by atoms with van der Waals surface area (Å²) in [7, 11) is 0. The van der Waals surface area contributed by atoms with E-state index < -0.39 is 0 Å². The van der Waals surface area contributed by atoms with Crippen molar-refractivity contribution in [1.82, 2.24) is 0 Å². The van der Waals surface area contributed by atoms with Crippen LogP contribution in [0.1, 0.15) is 0 Å². The molecule has 0 radical (unpaired) electrons. The summed E-state index contributed by atoms with van der Waals surface area (Å²) in [5.74, 6) is 0. The largest absolute Gasteiger partial charge is 0.456 e. The minimum Gasteiger partial charge on any atom is -0.456 e. The third-order valence-electron chi connectivity index (χ3n) is 6.67. The van der Waals surface area contributed by atoms with E-state index in [0.29, 0.717) is 0 Å². The Morgan fingerprint density at radius 2 is 0.690 bits per heavy atom. The number of rotatable bonds is 1. The van der Waals surface area contributed by atoms with Crippen LogP contribution in [0.4, 0.5) is 0 Å². The van der Waals surface area contributed by atoms with Gasteiger partial charge in [0.1, 0.15) is 22.3 Å². The molecule has 0 aliphatic rings. The molecule has 8 aromatic rings. The topological polar surface area (TPSA) is 26.3 Å². The minimum atomic E-state index is 0.914. The number of benzene rings is 6. The highest BCUT2D eigenvalue weighted by Crippen LogP contribution is 2.34. The van der Waals surface area contributed by atoms with Gasteiger partial charge in [0.15, 0.2) is 0 Å². The van der Waals surface area contributed by atoms with E-state index in [9.17, 15) is 0 Å². The highest BCUT2D eigenvalue weighted by Gasteiger charge is 2.09. The Bertz CT molecular complexity index is 2080. The van der Waals surface area contributed by atoms with E-state index in [-0.39, 0.29) is 0 Å². The average Bonchev–Trinajstić information content (AvgIpc) is 3.54. The van der Waals surface area contributed by atoms with E-state index >= 15 is 0 Å². The van der Waals surface area contributed by atoms with Gasteiger partial charge in [0.2, 0.25) is 0 Å². The Labute approximate surface area is 276 Å². The second kappa shape index (κ2) is 13.0. The fraction of sp³-hybridized carbons (Fsp3) is 0. The van der Waals surface area contributed by atoms with E-state index in [1.54, 1.807) is 0 Å². The summed E-state index contributed by atoms with van der Waals surface area (Å²) in [6.45, 7) is 0. The maximum absolute atomic E-state index is 5.97. The monoisotopic (exact) mass is 802 g/mol. The Balaban J connectivity index is 0.000000126. The molecule has 0 aliphatic carbocycles. The summed E-state index contributed by atoms with van der Waals surface area (Å²) in [6.07, 6.45) is 0. The van der Waals surface area contributed by atoms with Crippen LogP contribution >= 0.6 is 63.7 Å². The fourth-order valence-corrected chi connectivity index (χ4v) is 6.03. The van der Waals surface area contributed by atoms with Crippen molar-refractivity contribution in [3.05, 3.63) is 151 Å². The summed E-state index contributed by atoms with van der Waals surface area (Å²) in [5, 5.41) is 4.62. The number of hydrogen-bond donors (Lipinski definition) is 0. The number of fused-ring (bicyclic) bond motifs is 6. The second-order valence-corrected chi connectivity index (χ2v) is 13.2. The molecular formula is C36H22Br4O2. The van der Waals surface area contributed by atoms with Crippen molar-refractivity contribution in [3.8, 4) is 11.1 Å². The highest BCUT2D eigenvalue weighted by atomic mass is 79.9. The summed E-state index contributed by atoms with van der Waals surface area (Å²) in [6, 6.07) is 45.0. The zero-order valence-corrected chi connectivity index (χ0v) is 28.4. The zero-order valence-electron chi connectivity index (χ0n) is 22.0. The van der Waals surface area contributed by atoms with Gasteiger partial charge in [-0.3, -0.25) is 0 Å². The molecule has 0 amide bonds. The number of furan rings is 2. The van der Waals surface area contributed by atoms with Gasteiger partial charge in [0, 0.05) is 39.4 Å². The minimum absolute atomic E-state index is 0.914. The van der Waals surface area contributed by atoms with Gasteiger partial charge in [-0.05, 0) is 90.0 Å². The van der Waals surface area contributed by atoms with E-state index in [1.165, 1.54) is 11.1 Å². The molecule has 8 rings (SSSR count). The molecule has 2 nitrogen and oxygen atoms in total. The Morgan fingerprint density at radius 3 is 1.10 bits per heavy atom. The normalized spacial score (nSPS) is 10.9. The average molecular weight is 806 g/mol. The standard InChI is InChI=1S/C18H11BrO.C12H6Br2O.C6H5Br/c19-14-7-9-16-15-8-6-13(12-4-2-1-3-5-12)10-17(15)20-18(16)11-14;13-7-1-3-9-10-4-2-8(14)6-12(10)15-11(9)5-7;7-6-4-2-1-3-5-6/h1-11H;1-6H;1-5H. The van der Waals surface area contributed by atoms with Crippen LogP contribution < -0.4 is 0 Å². The summed E-state index contributed by atoms with van der Waals surface area (Å²) < 4.78 is 16.0. The van der Waals surface area contributed by atoms with Gasteiger partial charge >= 0.3 is 0 Å². The van der Waals surface area contributed by atoms with Crippen molar-refractivity contribution in [1.29, 1.82) is 0 Å². The fourth-order valence-electron chi connectivity index (χ4n) is 4.70. The zero-order chi connectivity index (χ0) is 29.1.